The Morgan fingerprint density at radius 3 is 2.28 bits per heavy atom. The van der Waals surface area contributed by atoms with Gasteiger partial charge in [-0.05, 0) is 40.8 Å². The monoisotopic (exact) mass is 381 g/mol. The second kappa shape index (κ2) is 6.45. The van der Waals surface area contributed by atoms with Crippen molar-refractivity contribution < 1.29 is 14.3 Å². The number of carbonyl (C=O) groups is 2. The average Bonchev–Trinajstić information content (AvgIpc) is 3.30. The Morgan fingerprint density at radius 1 is 0.897 bits per heavy atom. The van der Waals surface area contributed by atoms with Crippen LogP contribution >= 0.6 is 0 Å². The number of benzene rings is 3. The van der Waals surface area contributed by atoms with Gasteiger partial charge in [0, 0.05) is 16.8 Å². The van der Waals surface area contributed by atoms with Gasteiger partial charge in [-0.1, -0.05) is 66.7 Å². The van der Waals surface area contributed by atoms with Gasteiger partial charge in [0.1, 0.15) is 0 Å². The number of anilines is 1. The predicted octanol–water partition coefficient (Wildman–Crippen LogP) is 4.37. The van der Waals surface area contributed by atoms with E-state index in [4.69, 9.17) is 4.74 Å². The standard InChI is InChI=1S/C25H19NO3/c1-29-24(28)25(23(27)19-13-7-8-14-21(19)26-25)22-18-12-6-5-11-17(18)15-20(22)16-9-3-2-4-10-16/h2-14,26H,15H2,1H3. The number of rotatable bonds is 3. The van der Waals surface area contributed by atoms with Crippen molar-refractivity contribution >= 4 is 28.6 Å². The van der Waals surface area contributed by atoms with E-state index in [1.54, 1.807) is 12.1 Å². The van der Waals surface area contributed by atoms with Crippen molar-refractivity contribution in [1.29, 1.82) is 0 Å². The molecule has 29 heavy (non-hydrogen) atoms. The van der Waals surface area contributed by atoms with Crippen LogP contribution in [0.15, 0.2) is 78.9 Å². The summed E-state index contributed by atoms with van der Waals surface area (Å²) < 4.78 is 5.19. The zero-order valence-electron chi connectivity index (χ0n) is 15.9. The molecule has 3 aromatic carbocycles. The van der Waals surface area contributed by atoms with Gasteiger partial charge in [-0.2, -0.15) is 0 Å². The van der Waals surface area contributed by atoms with Crippen molar-refractivity contribution in [1.82, 2.24) is 0 Å². The van der Waals surface area contributed by atoms with Crippen LogP contribution in [0.2, 0.25) is 0 Å². The van der Waals surface area contributed by atoms with Gasteiger partial charge in [-0.15, -0.1) is 0 Å². The summed E-state index contributed by atoms with van der Waals surface area (Å²) in [4.78, 5) is 26.9. The molecular formula is C25H19NO3. The molecule has 2 aliphatic rings. The van der Waals surface area contributed by atoms with Crippen molar-refractivity contribution in [3.8, 4) is 0 Å². The number of esters is 1. The summed E-state index contributed by atoms with van der Waals surface area (Å²) in [5.74, 6) is -0.876. The molecule has 0 spiro atoms. The lowest BCUT2D eigenvalue weighted by Gasteiger charge is -2.29. The Morgan fingerprint density at radius 2 is 1.55 bits per heavy atom. The number of para-hydroxylation sites is 1. The summed E-state index contributed by atoms with van der Waals surface area (Å²) >= 11 is 0. The third-order valence-electron chi connectivity index (χ3n) is 5.78. The Labute approximate surface area is 168 Å². The molecular weight excluding hydrogens is 362 g/mol. The highest BCUT2D eigenvalue weighted by Gasteiger charge is 2.57. The third-order valence-corrected chi connectivity index (χ3v) is 5.78. The summed E-state index contributed by atoms with van der Waals surface area (Å²) in [6.07, 6.45) is 0.652. The fourth-order valence-corrected chi connectivity index (χ4v) is 4.50. The molecule has 1 aliphatic carbocycles. The highest BCUT2D eigenvalue weighted by atomic mass is 16.5. The molecule has 0 saturated heterocycles. The quantitative estimate of drug-likeness (QED) is 0.541. The molecule has 1 heterocycles. The van der Waals surface area contributed by atoms with Gasteiger partial charge < -0.3 is 10.1 Å². The lowest BCUT2D eigenvalue weighted by atomic mass is 9.80. The number of ether oxygens (including phenoxy) is 1. The van der Waals surface area contributed by atoms with Gasteiger partial charge in [0.25, 0.3) is 0 Å². The summed E-state index contributed by atoms with van der Waals surface area (Å²) in [5, 5.41) is 3.25. The lowest BCUT2D eigenvalue weighted by Crippen LogP contribution is -2.51. The number of ketones is 1. The van der Waals surface area contributed by atoms with Crippen molar-refractivity contribution in [2.45, 2.75) is 12.0 Å². The summed E-state index contributed by atoms with van der Waals surface area (Å²) in [5.41, 5.74) is 4.19. The number of fused-ring (bicyclic) bond motifs is 2. The van der Waals surface area contributed by atoms with Crippen LogP contribution in [0.3, 0.4) is 0 Å². The first-order valence-corrected chi connectivity index (χ1v) is 9.54. The fraction of sp³-hybridized carbons (Fsp3) is 0.120. The summed E-state index contributed by atoms with van der Waals surface area (Å²) in [7, 11) is 1.33. The highest BCUT2D eigenvalue weighted by Crippen LogP contribution is 2.49. The number of allylic oxidation sites excluding steroid dienone is 1. The number of methoxy groups -OCH3 is 1. The van der Waals surface area contributed by atoms with E-state index in [9.17, 15) is 9.59 Å². The highest BCUT2D eigenvalue weighted by molar-refractivity contribution is 6.35. The molecule has 1 unspecified atom stereocenters. The first-order chi connectivity index (χ1) is 14.2. The van der Waals surface area contributed by atoms with Crippen LogP contribution in [-0.2, 0) is 16.0 Å². The molecule has 1 atom stereocenters. The van der Waals surface area contributed by atoms with Gasteiger partial charge in [0.05, 0.1) is 7.11 Å². The molecule has 0 radical (unpaired) electrons. The molecule has 0 amide bonds. The van der Waals surface area contributed by atoms with Crippen LogP contribution in [0.5, 0.6) is 0 Å². The molecule has 1 N–H and O–H groups in total. The van der Waals surface area contributed by atoms with Crippen LogP contribution in [0.25, 0.3) is 11.1 Å². The topological polar surface area (TPSA) is 55.4 Å². The van der Waals surface area contributed by atoms with Gasteiger partial charge in [-0.25, -0.2) is 4.79 Å². The van der Waals surface area contributed by atoms with E-state index >= 15 is 0 Å². The van der Waals surface area contributed by atoms with Crippen molar-refractivity contribution in [3.63, 3.8) is 0 Å². The van der Waals surface area contributed by atoms with Crippen LogP contribution in [0.4, 0.5) is 5.69 Å². The number of hydrogen-bond acceptors (Lipinski definition) is 4. The smallest absolute Gasteiger partial charge is 0.344 e. The Bertz CT molecular complexity index is 1180. The molecule has 0 fully saturated rings. The van der Waals surface area contributed by atoms with E-state index in [-0.39, 0.29) is 5.78 Å². The molecule has 4 heteroatoms. The summed E-state index contributed by atoms with van der Waals surface area (Å²) in [6.45, 7) is 0. The minimum atomic E-state index is -1.60. The Balaban J connectivity index is 1.83. The van der Waals surface area contributed by atoms with E-state index in [1.165, 1.54) is 7.11 Å². The fourth-order valence-electron chi connectivity index (χ4n) is 4.50. The molecule has 0 aromatic heterocycles. The SMILES string of the molecule is COC(=O)C1(C2=C(c3ccccc3)Cc3ccccc32)Nc2ccccc2C1=O. The van der Waals surface area contributed by atoms with Crippen molar-refractivity contribution in [3.05, 3.63) is 101 Å². The first kappa shape index (κ1) is 17.4. The maximum absolute atomic E-state index is 13.7. The predicted molar refractivity (Wildman–Crippen MR) is 113 cm³/mol. The molecule has 3 aromatic rings. The summed E-state index contributed by atoms with van der Waals surface area (Å²) in [6, 6.07) is 25.1. The van der Waals surface area contributed by atoms with Crippen molar-refractivity contribution in [2.24, 2.45) is 0 Å². The van der Waals surface area contributed by atoms with E-state index in [1.807, 2.05) is 66.7 Å². The molecule has 1 aliphatic heterocycles. The van der Waals surface area contributed by atoms with Crippen LogP contribution in [0.1, 0.15) is 27.0 Å². The first-order valence-electron chi connectivity index (χ1n) is 9.54. The van der Waals surface area contributed by atoms with Gasteiger partial charge in [0.15, 0.2) is 0 Å². The molecule has 0 saturated carbocycles. The van der Waals surface area contributed by atoms with Gasteiger partial charge >= 0.3 is 5.97 Å². The van der Waals surface area contributed by atoms with Crippen molar-refractivity contribution in [2.75, 3.05) is 12.4 Å². The van der Waals surface area contributed by atoms with Crippen LogP contribution in [-0.4, -0.2) is 24.4 Å². The van der Waals surface area contributed by atoms with Gasteiger partial charge in [0.2, 0.25) is 11.3 Å². The molecule has 142 valence electrons. The lowest BCUT2D eigenvalue weighted by molar-refractivity contribution is -0.142. The Kier molecular flexibility index (Phi) is 3.88. The molecule has 4 nitrogen and oxygen atoms in total. The molecule has 5 rings (SSSR count). The second-order valence-corrected chi connectivity index (χ2v) is 7.29. The van der Waals surface area contributed by atoms with E-state index in [0.29, 0.717) is 23.2 Å². The minimum Gasteiger partial charge on any atom is -0.467 e. The van der Waals surface area contributed by atoms with E-state index in [0.717, 1.165) is 22.3 Å². The largest absolute Gasteiger partial charge is 0.467 e. The Hall–Kier alpha value is -3.66. The maximum atomic E-state index is 13.7. The number of hydrogen-bond donors (Lipinski definition) is 1. The third kappa shape index (κ3) is 2.39. The average molecular weight is 381 g/mol. The minimum absolute atomic E-state index is 0.278. The number of Topliss-reactive ketones (excluding diaryl/α,β-unsaturated/α-hetero) is 1. The number of carbonyl (C=O) groups excluding carboxylic acids is 2. The normalized spacial score (nSPS) is 19.6. The van der Waals surface area contributed by atoms with Crippen LogP contribution < -0.4 is 5.32 Å². The second-order valence-electron chi connectivity index (χ2n) is 7.29. The van der Waals surface area contributed by atoms with E-state index in [2.05, 4.69) is 5.32 Å². The van der Waals surface area contributed by atoms with Crippen LogP contribution in [0, 0.1) is 0 Å². The number of nitrogens with one attached hydrogen (secondary N) is 1. The maximum Gasteiger partial charge on any atom is 0.344 e. The van der Waals surface area contributed by atoms with Gasteiger partial charge in [-0.3, -0.25) is 4.79 Å². The molecule has 0 bridgehead atoms. The zero-order chi connectivity index (χ0) is 20.0. The van der Waals surface area contributed by atoms with E-state index < -0.39 is 11.5 Å². The zero-order valence-corrected chi connectivity index (χ0v) is 15.9.